The van der Waals surface area contributed by atoms with E-state index in [-0.39, 0.29) is 0 Å². The number of hydrogen-bond acceptors (Lipinski definition) is 5. The molecule has 21 heavy (non-hydrogen) atoms. The lowest BCUT2D eigenvalue weighted by molar-refractivity contribution is 0.0368. The maximum absolute atomic E-state index is 6.02. The smallest absolute Gasteiger partial charge is 0.0953 e. The Balaban J connectivity index is 1.73. The van der Waals surface area contributed by atoms with Gasteiger partial charge in [0, 0.05) is 42.9 Å². The number of benzene rings is 1. The molecule has 1 atom stereocenters. The number of anilines is 2. The molecule has 0 saturated carbocycles. The highest BCUT2D eigenvalue weighted by molar-refractivity contribution is 5.98. The largest absolute Gasteiger partial charge is 0.398 e. The fourth-order valence-electron chi connectivity index (χ4n) is 2.79. The molecule has 1 saturated heterocycles. The van der Waals surface area contributed by atoms with Gasteiger partial charge < -0.3 is 15.8 Å². The van der Waals surface area contributed by atoms with E-state index in [1.807, 2.05) is 24.3 Å². The Morgan fingerprint density at radius 1 is 1.33 bits per heavy atom. The van der Waals surface area contributed by atoms with E-state index in [0.29, 0.717) is 6.04 Å². The third-order valence-electron chi connectivity index (χ3n) is 3.84. The van der Waals surface area contributed by atoms with Gasteiger partial charge >= 0.3 is 0 Å². The topological polar surface area (TPSA) is 63.4 Å². The van der Waals surface area contributed by atoms with E-state index in [4.69, 9.17) is 10.5 Å². The second-order valence-electron chi connectivity index (χ2n) is 5.56. The molecule has 1 aromatic heterocycles. The zero-order valence-electron chi connectivity index (χ0n) is 12.4. The lowest BCUT2D eigenvalue weighted by Crippen LogP contribution is -2.42. The fourth-order valence-corrected chi connectivity index (χ4v) is 2.79. The minimum absolute atomic E-state index is 0.344. The van der Waals surface area contributed by atoms with Crippen molar-refractivity contribution in [1.82, 2.24) is 9.88 Å². The van der Waals surface area contributed by atoms with Gasteiger partial charge in [-0.2, -0.15) is 0 Å². The highest BCUT2D eigenvalue weighted by atomic mass is 16.5. The number of nitrogens with two attached hydrogens (primary N) is 1. The zero-order valence-corrected chi connectivity index (χ0v) is 12.4. The van der Waals surface area contributed by atoms with Crippen LogP contribution in [0.4, 0.5) is 11.4 Å². The van der Waals surface area contributed by atoms with Crippen LogP contribution in [0.25, 0.3) is 10.9 Å². The van der Waals surface area contributed by atoms with Gasteiger partial charge in [-0.25, -0.2) is 0 Å². The molecular weight excluding hydrogens is 264 g/mol. The number of nitrogens with one attached hydrogen (secondary N) is 1. The van der Waals surface area contributed by atoms with Crippen LogP contribution in [0.15, 0.2) is 30.5 Å². The normalized spacial score (nSPS) is 17.8. The Kier molecular flexibility index (Phi) is 4.22. The van der Waals surface area contributed by atoms with E-state index in [9.17, 15) is 0 Å². The third kappa shape index (κ3) is 3.25. The van der Waals surface area contributed by atoms with Crippen LogP contribution in [0.1, 0.15) is 6.92 Å². The van der Waals surface area contributed by atoms with Crippen molar-refractivity contribution in [1.29, 1.82) is 0 Å². The SMILES string of the molecule is CC(CN1CCOCC1)Nc1ccc(N)c2cccnc12. The van der Waals surface area contributed by atoms with E-state index < -0.39 is 0 Å². The summed E-state index contributed by atoms with van der Waals surface area (Å²) in [7, 11) is 0. The first-order valence-corrected chi connectivity index (χ1v) is 7.44. The van der Waals surface area contributed by atoms with Gasteiger partial charge in [0.05, 0.1) is 24.4 Å². The third-order valence-corrected chi connectivity index (χ3v) is 3.84. The van der Waals surface area contributed by atoms with Crippen molar-refractivity contribution in [2.45, 2.75) is 13.0 Å². The van der Waals surface area contributed by atoms with E-state index in [2.05, 4.69) is 22.1 Å². The molecule has 3 rings (SSSR count). The van der Waals surface area contributed by atoms with Gasteiger partial charge in [-0.05, 0) is 31.2 Å². The molecular formula is C16H22N4O. The number of hydrogen-bond donors (Lipinski definition) is 2. The summed E-state index contributed by atoms with van der Waals surface area (Å²) in [6.07, 6.45) is 1.81. The van der Waals surface area contributed by atoms with Crippen LogP contribution < -0.4 is 11.1 Å². The van der Waals surface area contributed by atoms with E-state index in [1.54, 1.807) is 6.20 Å². The number of pyridine rings is 1. The van der Waals surface area contributed by atoms with Crippen molar-refractivity contribution in [3.8, 4) is 0 Å². The van der Waals surface area contributed by atoms with Gasteiger partial charge in [-0.1, -0.05) is 0 Å². The van der Waals surface area contributed by atoms with Crippen molar-refractivity contribution in [3.05, 3.63) is 30.5 Å². The van der Waals surface area contributed by atoms with E-state index >= 15 is 0 Å². The molecule has 3 N–H and O–H groups in total. The monoisotopic (exact) mass is 286 g/mol. The molecule has 0 spiro atoms. The molecule has 2 heterocycles. The Morgan fingerprint density at radius 3 is 2.95 bits per heavy atom. The first-order chi connectivity index (χ1) is 10.2. The van der Waals surface area contributed by atoms with Gasteiger partial charge in [0.2, 0.25) is 0 Å². The van der Waals surface area contributed by atoms with Gasteiger partial charge in [-0.15, -0.1) is 0 Å². The molecule has 0 radical (unpaired) electrons. The van der Waals surface area contributed by atoms with Crippen molar-refractivity contribution in [2.75, 3.05) is 43.9 Å². The molecule has 1 aliphatic heterocycles. The standard InChI is InChI=1S/C16H22N4O/c1-12(11-20-7-9-21-10-8-20)19-15-5-4-14(17)13-3-2-6-18-16(13)15/h2-6,12,19H,7-11,17H2,1H3. The maximum Gasteiger partial charge on any atom is 0.0953 e. The number of nitrogen functional groups attached to an aromatic ring is 1. The van der Waals surface area contributed by atoms with Crippen LogP contribution in [0, 0.1) is 0 Å². The van der Waals surface area contributed by atoms with Gasteiger partial charge in [0.1, 0.15) is 0 Å². The lowest BCUT2D eigenvalue weighted by atomic mass is 10.1. The molecule has 1 aliphatic rings. The van der Waals surface area contributed by atoms with Crippen LogP contribution in [0.3, 0.4) is 0 Å². The molecule has 0 aliphatic carbocycles. The van der Waals surface area contributed by atoms with E-state index in [0.717, 1.165) is 55.1 Å². The van der Waals surface area contributed by atoms with Crippen LogP contribution >= 0.6 is 0 Å². The second kappa shape index (κ2) is 6.28. The minimum Gasteiger partial charge on any atom is -0.398 e. The number of aromatic nitrogens is 1. The number of nitrogens with zero attached hydrogens (tertiary/aromatic N) is 2. The van der Waals surface area contributed by atoms with Crippen molar-refractivity contribution >= 4 is 22.3 Å². The quantitative estimate of drug-likeness (QED) is 0.841. The molecule has 0 amide bonds. The van der Waals surface area contributed by atoms with Crippen LogP contribution in [-0.4, -0.2) is 48.8 Å². The summed E-state index contributed by atoms with van der Waals surface area (Å²) in [5.74, 6) is 0. The average Bonchev–Trinajstić information content (AvgIpc) is 2.51. The number of rotatable bonds is 4. The first kappa shape index (κ1) is 14.1. The molecule has 0 bridgehead atoms. The molecule has 1 aromatic carbocycles. The van der Waals surface area contributed by atoms with Crippen molar-refractivity contribution in [2.24, 2.45) is 0 Å². The van der Waals surface area contributed by atoms with E-state index in [1.165, 1.54) is 0 Å². The van der Waals surface area contributed by atoms with Gasteiger partial charge in [0.15, 0.2) is 0 Å². The maximum atomic E-state index is 6.02. The van der Waals surface area contributed by atoms with Gasteiger partial charge in [-0.3, -0.25) is 9.88 Å². The molecule has 112 valence electrons. The predicted octanol–water partition coefficient (Wildman–Crippen LogP) is 1.95. The number of ether oxygens (including phenoxy) is 1. The lowest BCUT2D eigenvalue weighted by Gasteiger charge is -2.29. The highest BCUT2D eigenvalue weighted by Gasteiger charge is 2.14. The predicted molar refractivity (Wildman–Crippen MR) is 86.5 cm³/mol. The molecule has 2 aromatic rings. The van der Waals surface area contributed by atoms with Crippen molar-refractivity contribution < 1.29 is 4.74 Å². The first-order valence-electron chi connectivity index (χ1n) is 7.44. The second-order valence-corrected chi connectivity index (χ2v) is 5.56. The van der Waals surface area contributed by atoms with Crippen molar-refractivity contribution in [3.63, 3.8) is 0 Å². The Hall–Kier alpha value is -1.85. The fraction of sp³-hybridized carbons (Fsp3) is 0.438. The summed E-state index contributed by atoms with van der Waals surface area (Å²) in [5, 5.41) is 4.56. The Bertz CT molecular complexity index is 610. The molecule has 1 unspecified atom stereocenters. The summed E-state index contributed by atoms with van der Waals surface area (Å²) >= 11 is 0. The van der Waals surface area contributed by atoms with Crippen LogP contribution in [-0.2, 0) is 4.74 Å². The number of fused-ring (bicyclic) bond motifs is 1. The minimum atomic E-state index is 0.344. The summed E-state index contributed by atoms with van der Waals surface area (Å²) in [6.45, 7) is 6.88. The summed E-state index contributed by atoms with van der Waals surface area (Å²) in [4.78, 5) is 6.89. The van der Waals surface area contributed by atoms with Crippen LogP contribution in [0.5, 0.6) is 0 Å². The number of morpholine rings is 1. The Labute approximate surface area is 125 Å². The molecule has 5 nitrogen and oxygen atoms in total. The molecule has 5 heteroatoms. The van der Waals surface area contributed by atoms with Crippen LogP contribution in [0.2, 0.25) is 0 Å². The summed E-state index contributed by atoms with van der Waals surface area (Å²) in [5.41, 5.74) is 8.76. The summed E-state index contributed by atoms with van der Waals surface area (Å²) in [6, 6.07) is 8.22. The van der Waals surface area contributed by atoms with Gasteiger partial charge in [0.25, 0.3) is 0 Å². The molecule has 1 fully saturated rings. The Morgan fingerprint density at radius 2 is 2.14 bits per heavy atom. The highest BCUT2D eigenvalue weighted by Crippen LogP contribution is 2.26. The zero-order chi connectivity index (χ0) is 14.7. The average molecular weight is 286 g/mol. The summed E-state index contributed by atoms with van der Waals surface area (Å²) < 4.78 is 5.38.